The average Bonchev–Trinajstić information content (AvgIpc) is 2.94. The third-order valence-corrected chi connectivity index (χ3v) is 3.88. The lowest BCUT2D eigenvalue weighted by atomic mass is 10.0. The van der Waals surface area contributed by atoms with Crippen molar-refractivity contribution in [1.29, 1.82) is 0 Å². The van der Waals surface area contributed by atoms with Gasteiger partial charge in [0.25, 0.3) is 0 Å². The van der Waals surface area contributed by atoms with E-state index in [2.05, 4.69) is 10.4 Å². The highest BCUT2D eigenvalue weighted by Crippen LogP contribution is 2.35. The van der Waals surface area contributed by atoms with Crippen molar-refractivity contribution < 1.29 is 14.8 Å². The molecule has 1 fully saturated rings. The first-order valence-corrected chi connectivity index (χ1v) is 7.05. The van der Waals surface area contributed by atoms with E-state index in [1.54, 1.807) is 11.6 Å². The van der Waals surface area contributed by atoms with Gasteiger partial charge >= 0.3 is 11.7 Å². The summed E-state index contributed by atoms with van der Waals surface area (Å²) in [5, 5.41) is 27.8. The van der Waals surface area contributed by atoms with Crippen LogP contribution in [0.1, 0.15) is 44.8 Å². The van der Waals surface area contributed by atoms with Gasteiger partial charge in [-0.25, -0.2) is 4.68 Å². The van der Waals surface area contributed by atoms with Crippen LogP contribution in [0, 0.1) is 23.0 Å². The van der Waals surface area contributed by atoms with Crippen LogP contribution in [0.15, 0.2) is 0 Å². The molecule has 0 amide bonds. The molecule has 0 saturated heterocycles. The summed E-state index contributed by atoms with van der Waals surface area (Å²) in [4.78, 5) is 22.0. The summed E-state index contributed by atoms with van der Waals surface area (Å²) < 4.78 is 1.56. The van der Waals surface area contributed by atoms with Crippen LogP contribution in [-0.2, 0) is 4.79 Å². The van der Waals surface area contributed by atoms with Crippen LogP contribution in [0.2, 0.25) is 0 Å². The number of nitrogens with one attached hydrogen (secondary N) is 1. The predicted molar refractivity (Wildman–Crippen MR) is 76.4 cm³/mol. The number of anilines is 1. The molecule has 1 aromatic heterocycles. The Bertz CT molecular complexity index is 567. The van der Waals surface area contributed by atoms with Crippen LogP contribution >= 0.6 is 0 Å². The molecule has 0 bridgehead atoms. The highest BCUT2D eigenvalue weighted by Gasteiger charge is 2.36. The number of rotatable bonds is 5. The molecule has 116 valence electrons. The molecule has 0 radical (unpaired) electrons. The molecule has 21 heavy (non-hydrogen) atoms. The lowest BCUT2D eigenvalue weighted by molar-refractivity contribution is -0.384. The number of carboxylic acids is 1. The fourth-order valence-corrected chi connectivity index (χ4v) is 2.87. The molecule has 1 aromatic rings. The second-order valence-electron chi connectivity index (χ2n) is 5.70. The minimum absolute atomic E-state index is 0.0513. The molecule has 1 saturated carbocycles. The van der Waals surface area contributed by atoms with E-state index in [0.717, 1.165) is 6.42 Å². The SMILES string of the molecule is Cc1nn(C(C)C)c(NC2CCCC2C(=O)O)c1[N+](=O)[O-]. The first-order chi connectivity index (χ1) is 9.82. The van der Waals surface area contributed by atoms with E-state index in [0.29, 0.717) is 24.4 Å². The van der Waals surface area contributed by atoms with Gasteiger partial charge in [-0.1, -0.05) is 6.42 Å². The Balaban J connectivity index is 2.38. The lowest BCUT2D eigenvalue weighted by Crippen LogP contribution is -2.31. The summed E-state index contributed by atoms with van der Waals surface area (Å²) in [6.07, 6.45) is 2.09. The van der Waals surface area contributed by atoms with Gasteiger partial charge in [-0.05, 0) is 33.6 Å². The molecule has 8 nitrogen and oxygen atoms in total. The first kappa shape index (κ1) is 15.3. The number of aryl methyl sites for hydroxylation is 1. The Morgan fingerprint density at radius 2 is 2.19 bits per heavy atom. The zero-order chi connectivity index (χ0) is 15.7. The van der Waals surface area contributed by atoms with Crippen LogP contribution in [0.5, 0.6) is 0 Å². The number of nitro groups is 1. The van der Waals surface area contributed by atoms with Gasteiger partial charge in [0, 0.05) is 12.1 Å². The average molecular weight is 296 g/mol. The third kappa shape index (κ3) is 2.84. The number of nitrogens with zero attached hydrogens (tertiary/aromatic N) is 3. The van der Waals surface area contributed by atoms with Crippen molar-refractivity contribution in [3.63, 3.8) is 0 Å². The molecule has 0 aliphatic heterocycles. The number of carboxylic acid groups (broad SMARTS) is 1. The van der Waals surface area contributed by atoms with Crippen molar-refractivity contribution in [1.82, 2.24) is 9.78 Å². The highest BCUT2D eigenvalue weighted by atomic mass is 16.6. The molecule has 1 aliphatic carbocycles. The standard InChI is InChI=1S/C13H20N4O4/c1-7(2)16-12(11(17(20)21)8(3)15-16)14-10-6-4-5-9(10)13(18)19/h7,9-10,14H,4-6H2,1-3H3,(H,18,19). The molecule has 2 unspecified atom stereocenters. The number of hydrogen-bond donors (Lipinski definition) is 2. The normalized spacial score (nSPS) is 21.7. The molecule has 0 aromatic carbocycles. The van der Waals surface area contributed by atoms with Gasteiger partial charge in [0.05, 0.1) is 10.8 Å². The van der Waals surface area contributed by atoms with Crippen LogP contribution in [0.4, 0.5) is 11.5 Å². The van der Waals surface area contributed by atoms with Crippen LogP contribution in [0.25, 0.3) is 0 Å². The molecule has 2 N–H and O–H groups in total. The molecule has 2 rings (SSSR count). The minimum atomic E-state index is -0.861. The Morgan fingerprint density at radius 3 is 2.71 bits per heavy atom. The zero-order valence-corrected chi connectivity index (χ0v) is 12.4. The van der Waals surface area contributed by atoms with Gasteiger partial charge in [0.15, 0.2) is 0 Å². The van der Waals surface area contributed by atoms with E-state index < -0.39 is 16.8 Å². The van der Waals surface area contributed by atoms with Crippen molar-refractivity contribution in [3.8, 4) is 0 Å². The summed E-state index contributed by atoms with van der Waals surface area (Å²) >= 11 is 0. The molecule has 2 atom stereocenters. The summed E-state index contributed by atoms with van der Waals surface area (Å²) in [5.41, 5.74) is 0.265. The number of aliphatic carboxylic acids is 1. The summed E-state index contributed by atoms with van der Waals surface area (Å²) in [6, 6.07) is -0.348. The Morgan fingerprint density at radius 1 is 1.52 bits per heavy atom. The van der Waals surface area contributed by atoms with Crippen LogP contribution < -0.4 is 5.32 Å². The van der Waals surface area contributed by atoms with E-state index >= 15 is 0 Å². The summed E-state index contributed by atoms with van der Waals surface area (Å²) in [7, 11) is 0. The van der Waals surface area contributed by atoms with Gasteiger partial charge in [0.1, 0.15) is 5.69 Å². The van der Waals surface area contributed by atoms with Gasteiger partial charge in [-0.2, -0.15) is 5.10 Å². The second kappa shape index (κ2) is 5.71. The van der Waals surface area contributed by atoms with E-state index in [1.807, 2.05) is 13.8 Å². The molecule has 0 spiro atoms. The molecule has 1 heterocycles. The fourth-order valence-electron chi connectivity index (χ4n) is 2.87. The smallest absolute Gasteiger partial charge is 0.333 e. The van der Waals surface area contributed by atoms with Crippen LogP contribution in [0.3, 0.4) is 0 Å². The third-order valence-electron chi connectivity index (χ3n) is 3.88. The van der Waals surface area contributed by atoms with Crippen molar-refractivity contribution in [2.24, 2.45) is 5.92 Å². The second-order valence-corrected chi connectivity index (χ2v) is 5.70. The maximum Gasteiger partial charge on any atom is 0.333 e. The fraction of sp³-hybridized carbons (Fsp3) is 0.692. The topological polar surface area (TPSA) is 110 Å². The first-order valence-electron chi connectivity index (χ1n) is 7.05. The monoisotopic (exact) mass is 296 g/mol. The Hall–Kier alpha value is -2.12. The summed E-state index contributed by atoms with van der Waals surface area (Å²) in [6.45, 7) is 5.35. The number of hydrogen-bond acceptors (Lipinski definition) is 5. The lowest BCUT2D eigenvalue weighted by Gasteiger charge is -2.20. The van der Waals surface area contributed by atoms with Crippen LogP contribution in [-0.4, -0.2) is 31.8 Å². The van der Waals surface area contributed by atoms with E-state index in [4.69, 9.17) is 0 Å². The molecule has 1 aliphatic rings. The van der Waals surface area contributed by atoms with Crippen molar-refractivity contribution >= 4 is 17.5 Å². The van der Waals surface area contributed by atoms with E-state index in [-0.39, 0.29) is 17.8 Å². The molecular formula is C13H20N4O4. The van der Waals surface area contributed by atoms with Gasteiger partial charge in [-0.15, -0.1) is 0 Å². The van der Waals surface area contributed by atoms with E-state index in [1.165, 1.54) is 0 Å². The maximum absolute atomic E-state index is 11.3. The molecule has 8 heteroatoms. The minimum Gasteiger partial charge on any atom is -0.481 e. The van der Waals surface area contributed by atoms with Gasteiger partial charge < -0.3 is 10.4 Å². The van der Waals surface area contributed by atoms with Crippen molar-refractivity contribution in [3.05, 3.63) is 15.8 Å². The maximum atomic E-state index is 11.3. The Labute approximate surface area is 122 Å². The number of carbonyl (C=O) groups is 1. The van der Waals surface area contributed by atoms with Gasteiger partial charge in [-0.3, -0.25) is 14.9 Å². The highest BCUT2D eigenvalue weighted by molar-refractivity contribution is 5.72. The zero-order valence-electron chi connectivity index (χ0n) is 12.4. The molecular weight excluding hydrogens is 276 g/mol. The Kier molecular flexibility index (Phi) is 4.15. The van der Waals surface area contributed by atoms with Crippen molar-refractivity contribution in [2.75, 3.05) is 5.32 Å². The predicted octanol–water partition coefficient (Wildman–Crippen LogP) is 2.35. The quantitative estimate of drug-likeness (QED) is 0.637. The number of aromatic nitrogens is 2. The van der Waals surface area contributed by atoms with Gasteiger partial charge in [0.2, 0.25) is 5.82 Å². The van der Waals surface area contributed by atoms with Crippen molar-refractivity contribution in [2.45, 2.75) is 52.1 Å². The van der Waals surface area contributed by atoms with E-state index in [9.17, 15) is 20.0 Å². The summed E-state index contributed by atoms with van der Waals surface area (Å²) in [5.74, 6) is -1.06. The largest absolute Gasteiger partial charge is 0.481 e.